The molecule has 2 amide bonds. The van der Waals surface area contributed by atoms with Gasteiger partial charge in [0.2, 0.25) is 11.8 Å². The average molecular weight is 350 g/mol. The number of carbonyl (C=O) groups excluding carboxylic acids is 3. The summed E-state index contributed by atoms with van der Waals surface area (Å²) < 4.78 is 0. The van der Waals surface area contributed by atoms with Gasteiger partial charge in [-0.2, -0.15) is 0 Å². The van der Waals surface area contributed by atoms with Gasteiger partial charge in [0, 0.05) is 19.0 Å². The number of amides is 2. The third kappa shape index (κ3) is 3.25. The number of carbonyl (C=O) groups is 3. The van der Waals surface area contributed by atoms with Crippen molar-refractivity contribution >= 4 is 23.3 Å². The number of nitrogens with zero attached hydrogens (tertiary/aromatic N) is 1. The second-order valence-electron chi connectivity index (χ2n) is 6.66. The summed E-state index contributed by atoms with van der Waals surface area (Å²) in [7, 11) is 1.48. The van der Waals surface area contributed by atoms with Gasteiger partial charge in [-0.1, -0.05) is 35.9 Å². The van der Waals surface area contributed by atoms with Gasteiger partial charge in [-0.15, -0.1) is 0 Å². The van der Waals surface area contributed by atoms with Gasteiger partial charge in [0.1, 0.15) is 5.92 Å². The monoisotopic (exact) mass is 350 g/mol. The van der Waals surface area contributed by atoms with Crippen LogP contribution < -0.4 is 10.2 Å². The molecule has 0 spiro atoms. The van der Waals surface area contributed by atoms with Crippen LogP contribution in [-0.2, 0) is 16.1 Å². The van der Waals surface area contributed by atoms with Crippen LogP contribution in [0.3, 0.4) is 0 Å². The van der Waals surface area contributed by atoms with Gasteiger partial charge in [-0.3, -0.25) is 14.4 Å². The highest BCUT2D eigenvalue weighted by Gasteiger charge is 2.37. The van der Waals surface area contributed by atoms with E-state index < -0.39 is 11.8 Å². The van der Waals surface area contributed by atoms with Gasteiger partial charge in [0.15, 0.2) is 5.78 Å². The number of rotatable bonds is 3. The molecule has 5 heteroatoms. The number of anilines is 1. The Kier molecular flexibility index (Phi) is 4.89. The lowest BCUT2D eigenvalue weighted by Gasteiger charge is -2.23. The molecule has 2 aromatic carbocycles. The van der Waals surface area contributed by atoms with E-state index in [9.17, 15) is 14.4 Å². The van der Waals surface area contributed by atoms with Crippen molar-refractivity contribution in [3.8, 4) is 0 Å². The zero-order chi connectivity index (χ0) is 18.8. The molecule has 0 fully saturated rings. The van der Waals surface area contributed by atoms with Crippen LogP contribution in [0.4, 0.5) is 5.69 Å². The van der Waals surface area contributed by atoms with Crippen molar-refractivity contribution in [1.82, 2.24) is 5.32 Å². The molecule has 1 atom stereocenters. The molecule has 1 aliphatic heterocycles. The third-order valence-electron chi connectivity index (χ3n) is 4.85. The molecule has 1 aliphatic rings. The van der Waals surface area contributed by atoms with Crippen LogP contribution in [0, 0.1) is 19.8 Å². The van der Waals surface area contributed by atoms with Crippen molar-refractivity contribution in [1.29, 1.82) is 0 Å². The number of Topliss-reactive ketones (excluding diaryl/α,β-unsaturated/α-hetero) is 1. The largest absolute Gasteiger partial charge is 0.359 e. The topological polar surface area (TPSA) is 66.5 Å². The van der Waals surface area contributed by atoms with Crippen LogP contribution in [0.5, 0.6) is 0 Å². The maximum Gasteiger partial charge on any atom is 0.231 e. The van der Waals surface area contributed by atoms with E-state index in [0.29, 0.717) is 17.8 Å². The van der Waals surface area contributed by atoms with E-state index in [2.05, 4.69) is 11.4 Å². The Morgan fingerprint density at radius 3 is 2.58 bits per heavy atom. The summed E-state index contributed by atoms with van der Waals surface area (Å²) in [6.07, 6.45) is -0.127. The van der Waals surface area contributed by atoms with Crippen molar-refractivity contribution < 1.29 is 14.4 Å². The average Bonchev–Trinajstić information content (AvgIpc) is 2.73. The Balaban J connectivity index is 2.05. The predicted molar refractivity (Wildman–Crippen MR) is 100 cm³/mol. The summed E-state index contributed by atoms with van der Waals surface area (Å²) in [5.41, 5.74) is 4.24. The van der Waals surface area contributed by atoms with Gasteiger partial charge in [0.25, 0.3) is 0 Å². The van der Waals surface area contributed by atoms with Crippen molar-refractivity contribution in [2.45, 2.75) is 26.8 Å². The number of aryl methyl sites for hydroxylation is 2. The molecule has 0 saturated heterocycles. The van der Waals surface area contributed by atoms with Crippen LogP contribution in [0.25, 0.3) is 0 Å². The minimum atomic E-state index is -0.988. The highest BCUT2D eigenvalue weighted by molar-refractivity contribution is 6.18. The standard InChI is InChI=1S/C21H22N2O3/c1-13-8-9-15(14(2)10-13)12-23-18-7-5-4-6-16(18)20(25)17(11-19(23)24)21(26)22-3/h4-10,17H,11-12H2,1-3H3,(H,22,26). The van der Waals surface area contributed by atoms with Gasteiger partial charge < -0.3 is 10.2 Å². The summed E-state index contributed by atoms with van der Waals surface area (Å²) >= 11 is 0. The van der Waals surface area contributed by atoms with Crippen LogP contribution in [0.1, 0.15) is 33.5 Å². The predicted octanol–water partition coefficient (Wildman–Crippen LogP) is 2.79. The smallest absolute Gasteiger partial charge is 0.231 e. The Bertz CT molecular complexity index is 889. The lowest BCUT2D eigenvalue weighted by Crippen LogP contribution is -2.36. The van der Waals surface area contributed by atoms with E-state index in [1.54, 1.807) is 29.2 Å². The lowest BCUT2D eigenvalue weighted by molar-refractivity contribution is -0.127. The summed E-state index contributed by atoms with van der Waals surface area (Å²) in [6.45, 7) is 4.40. The first-order valence-corrected chi connectivity index (χ1v) is 8.63. The van der Waals surface area contributed by atoms with Gasteiger partial charge in [-0.05, 0) is 37.1 Å². The zero-order valence-electron chi connectivity index (χ0n) is 15.2. The van der Waals surface area contributed by atoms with Crippen LogP contribution in [-0.4, -0.2) is 24.6 Å². The first-order chi connectivity index (χ1) is 12.4. The molecular weight excluding hydrogens is 328 g/mol. The summed E-state index contributed by atoms with van der Waals surface area (Å²) in [5, 5.41) is 2.49. The first-order valence-electron chi connectivity index (χ1n) is 8.63. The van der Waals surface area contributed by atoms with Crippen LogP contribution >= 0.6 is 0 Å². The molecule has 1 unspecified atom stereocenters. The normalized spacial score (nSPS) is 16.9. The molecule has 1 heterocycles. The van der Waals surface area contributed by atoms with Crippen molar-refractivity contribution in [3.63, 3.8) is 0 Å². The lowest BCUT2D eigenvalue weighted by atomic mass is 9.94. The zero-order valence-corrected chi connectivity index (χ0v) is 15.2. The van der Waals surface area contributed by atoms with Gasteiger partial charge in [-0.25, -0.2) is 0 Å². The maximum atomic E-state index is 12.9. The quantitative estimate of drug-likeness (QED) is 0.866. The second-order valence-corrected chi connectivity index (χ2v) is 6.66. The van der Waals surface area contributed by atoms with E-state index in [-0.39, 0.29) is 18.1 Å². The molecule has 1 N–H and O–H groups in total. The molecule has 3 rings (SSSR count). The van der Waals surface area contributed by atoms with Crippen molar-refractivity contribution in [3.05, 3.63) is 64.7 Å². The molecule has 2 aromatic rings. The Labute approximate surface area is 153 Å². The van der Waals surface area contributed by atoms with E-state index >= 15 is 0 Å². The van der Waals surface area contributed by atoms with Crippen LogP contribution in [0.2, 0.25) is 0 Å². The number of nitrogens with one attached hydrogen (secondary N) is 1. The maximum absolute atomic E-state index is 12.9. The number of para-hydroxylation sites is 1. The molecule has 0 aliphatic carbocycles. The highest BCUT2D eigenvalue weighted by Crippen LogP contribution is 2.31. The van der Waals surface area contributed by atoms with E-state index in [4.69, 9.17) is 0 Å². The minimum Gasteiger partial charge on any atom is -0.359 e. The molecule has 0 saturated carbocycles. The fourth-order valence-corrected chi connectivity index (χ4v) is 3.37. The Morgan fingerprint density at radius 1 is 1.15 bits per heavy atom. The molecule has 0 aromatic heterocycles. The number of fused-ring (bicyclic) bond motifs is 1. The molecule has 5 nitrogen and oxygen atoms in total. The Morgan fingerprint density at radius 2 is 1.88 bits per heavy atom. The molecule has 0 radical (unpaired) electrons. The third-order valence-corrected chi connectivity index (χ3v) is 4.85. The number of hydrogen-bond donors (Lipinski definition) is 1. The van der Waals surface area contributed by atoms with Crippen molar-refractivity contribution in [2.75, 3.05) is 11.9 Å². The highest BCUT2D eigenvalue weighted by atomic mass is 16.2. The number of ketones is 1. The fourth-order valence-electron chi connectivity index (χ4n) is 3.37. The number of benzene rings is 2. The minimum absolute atomic E-state index is 0.127. The van der Waals surface area contributed by atoms with Gasteiger partial charge >= 0.3 is 0 Å². The van der Waals surface area contributed by atoms with Crippen LogP contribution in [0.15, 0.2) is 42.5 Å². The summed E-state index contributed by atoms with van der Waals surface area (Å²) in [5.74, 6) is -1.95. The molecule has 134 valence electrons. The molecular formula is C21H22N2O3. The summed E-state index contributed by atoms with van der Waals surface area (Å²) in [6, 6.07) is 13.1. The number of hydrogen-bond acceptors (Lipinski definition) is 3. The SMILES string of the molecule is CNC(=O)C1CC(=O)N(Cc2ccc(C)cc2C)c2ccccc2C1=O. The van der Waals surface area contributed by atoms with E-state index in [1.165, 1.54) is 7.05 Å². The van der Waals surface area contributed by atoms with E-state index in [0.717, 1.165) is 16.7 Å². The summed E-state index contributed by atoms with van der Waals surface area (Å²) in [4.78, 5) is 39.5. The molecule has 26 heavy (non-hydrogen) atoms. The molecule has 0 bridgehead atoms. The van der Waals surface area contributed by atoms with E-state index in [1.807, 2.05) is 26.0 Å². The Hall–Kier alpha value is -2.95. The fraction of sp³-hybridized carbons (Fsp3) is 0.286. The first kappa shape index (κ1) is 17.9. The second kappa shape index (κ2) is 7.12. The van der Waals surface area contributed by atoms with Gasteiger partial charge in [0.05, 0.1) is 12.2 Å². The van der Waals surface area contributed by atoms with Crippen molar-refractivity contribution in [2.24, 2.45) is 5.92 Å².